The van der Waals surface area contributed by atoms with Gasteiger partial charge >= 0.3 is 0 Å². The number of nitrogens with zero attached hydrogens (tertiary/aromatic N) is 1. The number of nitriles is 1. The lowest BCUT2D eigenvalue weighted by Crippen LogP contribution is -1.82. The third-order valence-electron chi connectivity index (χ3n) is 4.07. The lowest BCUT2D eigenvalue weighted by atomic mass is 9.96. The van der Waals surface area contributed by atoms with E-state index in [4.69, 9.17) is 4.42 Å². The minimum atomic E-state index is 0.576. The number of furan rings is 1. The summed E-state index contributed by atoms with van der Waals surface area (Å²) in [6.45, 7) is 1.96. The summed E-state index contributed by atoms with van der Waals surface area (Å²) in [6, 6.07) is 22.5. The highest BCUT2D eigenvalue weighted by Crippen LogP contribution is 2.38. The smallest absolute Gasteiger partial charge is 0.152 e. The normalized spacial score (nSPS) is 10.9. The van der Waals surface area contributed by atoms with Crippen LogP contribution in [0.3, 0.4) is 0 Å². The van der Waals surface area contributed by atoms with Gasteiger partial charge in [0.15, 0.2) is 5.58 Å². The van der Waals surface area contributed by atoms with E-state index in [1.165, 1.54) is 10.8 Å². The van der Waals surface area contributed by atoms with Crippen LogP contribution >= 0.6 is 0 Å². The molecule has 3 aromatic carbocycles. The maximum absolute atomic E-state index is 9.27. The standard InChI is InChI=1S/C20H13NO/c1-13-19(18-11-5-8-15(12-21)20(18)22-13)17-10-4-7-14-6-2-3-9-16(14)17/h2-11H,1H3. The minimum absolute atomic E-state index is 0.576. The Bertz CT molecular complexity index is 1050. The average molecular weight is 283 g/mol. The molecule has 0 fully saturated rings. The summed E-state index contributed by atoms with van der Waals surface area (Å²) in [5.41, 5.74) is 3.46. The molecule has 0 radical (unpaired) electrons. The SMILES string of the molecule is Cc1oc2c(C#N)cccc2c1-c1cccc2ccccc12. The van der Waals surface area contributed by atoms with Gasteiger partial charge in [-0.05, 0) is 29.3 Å². The van der Waals surface area contributed by atoms with Gasteiger partial charge in [0.05, 0.1) is 5.56 Å². The first-order valence-electron chi connectivity index (χ1n) is 7.20. The van der Waals surface area contributed by atoms with Crippen LogP contribution in [0, 0.1) is 18.3 Å². The van der Waals surface area contributed by atoms with Crippen molar-refractivity contribution in [2.24, 2.45) is 0 Å². The molecule has 104 valence electrons. The van der Waals surface area contributed by atoms with Crippen molar-refractivity contribution in [3.05, 3.63) is 72.0 Å². The molecular formula is C20H13NO. The number of hydrogen-bond acceptors (Lipinski definition) is 2. The Balaban J connectivity index is 2.14. The fourth-order valence-electron chi connectivity index (χ4n) is 3.10. The first-order valence-corrected chi connectivity index (χ1v) is 7.20. The molecule has 1 aromatic heterocycles. The minimum Gasteiger partial charge on any atom is -0.459 e. The Morgan fingerprint density at radius 2 is 1.59 bits per heavy atom. The van der Waals surface area contributed by atoms with Gasteiger partial charge in [-0.2, -0.15) is 5.26 Å². The van der Waals surface area contributed by atoms with Crippen LogP contribution in [0.25, 0.3) is 32.9 Å². The van der Waals surface area contributed by atoms with E-state index in [1.807, 2.05) is 31.2 Å². The van der Waals surface area contributed by atoms with Crippen molar-refractivity contribution in [1.29, 1.82) is 5.26 Å². The van der Waals surface area contributed by atoms with Gasteiger partial charge in [-0.15, -0.1) is 0 Å². The zero-order valence-electron chi connectivity index (χ0n) is 12.1. The zero-order chi connectivity index (χ0) is 15.1. The molecule has 4 aromatic rings. The second kappa shape index (κ2) is 4.75. The summed E-state index contributed by atoms with van der Waals surface area (Å²) in [4.78, 5) is 0. The van der Waals surface area contributed by atoms with Crippen LogP contribution in [-0.2, 0) is 0 Å². The third-order valence-corrected chi connectivity index (χ3v) is 4.07. The van der Waals surface area contributed by atoms with Crippen molar-refractivity contribution in [3.8, 4) is 17.2 Å². The van der Waals surface area contributed by atoms with Crippen LogP contribution in [0.2, 0.25) is 0 Å². The van der Waals surface area contributed by atoms with E-state index in [1.54, 1.807) is 6.07 Å². The largest absolute Gasteiger partial charge is 0.459 e. The quantitative estimate of drug-likeness (QED) is 0.467. The predicted molar refractivity (Wildman–Crippen MR) is 88.6 cm³/mol. The van der Waals surface area contributed by atoms with Crippen molar-refractivity contribution in [2.45, 2.75) is 6.92 Å². The Kier molecular flexibility index (Phi) is 2.74. The van der Waals surface area contributed by atoms with Gasteiger partial charge in [-0.25, -0.2) is 0 Å². The second-order valence-electron chi connectivity index (χ2n) is 5.35. The van der Waals surface area contributed by atoms with E-state index in [0.29, 0.717) is 11.1 Å². The lowest BCUT2D eigenvalue weighted by Gasteiger charge is -2.06. The van der Waals surface area contributed by atoms with Crippen molar-refractivity contribution < 1.29 is 4.42 Å². The molecule has 4 rings (SSSR count). The van der Waals surface area contributed by atoms with Crippen molar-refractivity contribution >= 4 is 21.7 Å². The second-order valence-corrected chi connectivity index (χ2v) is 5.35. The molecule has 0 aliphatic carbocycles. The number of aryl methyl sites for hydroxylation is 1. The first-order chi connectivity index (χ1) is 10.8. The molecule has 0 spiro atoms. The van der Waals surface area contributed by atoms with Crippen LogP contribution in [0.5, 0.6) is 0 Å². The molecule has 1 heterocycles. The summed E-state index contributed by atoms with van der Waals surface area (Å²) >= 11 is 0. The predicted octanol–water partition coefficient (Wildman–Crippen LogP) is 5.43. The summed E-state index contributed by atoms with van der Waals surface area (Å²) in [5, 5.41) is 12.7. The molecule has 0 unspecified atom stereocenters. The fraction of sp³-hybridized carbons (Fsp3) is 0.0500. The number of rotatable bonds is 1. The maximum atomic E-state index is 9.27. The Hall–Kier alpha value is -3.05. The molecule has 0 saturated heterocycles. The molecule has 0 bridgehead atoms. The molecular weight excluding hydrogens is 270 g/mol. The molecule has 2 nitrogen and oxygen atoms in total. The Morgan fingerprint density at radius 1 is 0.864 bits per heavy atom. The summed E-state index contributed by atoms with van der Waals surface area (Å²) in [7, 11) is 0. The Morgan fingerprint density at radius 3 is 2.45 bits per heavy atom. The van der Waals surface area contributed by atoms with Gasteiger partial charge in [0.1, 0.15) is 11.8 Å². The number of benzene rings is 3. The topological polar surface area (TPSA) is 36.9 Å². The van der Waals surface area contributed by atoms with Crippen molar-refractivity contribution in [1.82, 2.24) is 0 Å². The van der Waals surface area contributed by atoms with Gasteiger partial charge in [-0.3, -0.25) is 0 Å². The molecule has 0 atom stereocenters. The van der Waals surface area contributed by atoms with Crippen LogP contribution in [0.4, 0.5) is 0 Å². The lowest BCUT2D eigenvalue weighted by molar-refractivity contribution is 0.579. The third kappa shape index (κ3) is 1.73. The molecule has 0 amide bonds. The molecule has 22 heavy (non-hydrogen) atoms. The summed E-state index contributed by atoms with van der Waals surface area (Å²) < 4.78 is 5.90. The maximum Gasteiger partial charge on any atom is 0.152 e. The van der Waals surface area contributed by atoms with Gasteiger partial charge < -0.3 is 4.42 Å². The van der Waals surface area contributed by atoms with Crippen molar-refractivity contribution in [3.63, 3.8) is 0 Å². The highest BCUT2D eigenvalue weighted by molar-refractivity contribution is 6.06. The van der Waals surface area contributed by atoms with Crippen molar-refractivity contribution in [2.75, 3.05) is 0 Å². The van der Waals surface area contributed by atoms with Crippen LogP contribution < -0.4 is 0 Å². The summed E-state index contributed by atoms with van der Waals surface area (Å²) in [6.07, 6.45) is 0. The van der Waals surface area contributed by atoms with E-state index in [0.717, 1.165) is 22.3 Å². The number of hydrogen-bond donors (Lipinski definition) is 0. The Labute approximate surface area is 128 Å². The van der Waals surface area contributed by atoms with Crippen LogP contribution in [0.1, 0.15) is 11.3 Å². The average Bonchev–Trinajstić information content (AvgIpc) is 2.90. The number of fused-ring (bicyclic) bond motifs is 2. The van der Waals surface area contributed by atoms with E-state index in [9.17, 15) is 5.26 Å². The van der Waals surface area contributed by atoms with E-state index in [-0.39, 0.29) is 0 Å². The van der Waals surface area contributed by atoms with Gasteiger partial charge in [-0.1, -0.05) is 54.6 Å². The zero-order valence-corrected chi connectivity index (χ0v) is 12.1. The first kappa shape index (κ1) is 12.7. The molecule has 0 N–H and O–H groups in total. The highest BCUT2D eigenvalue weighted by Gasteiger charge is 2.16. The highest BCUT2D eigenvalue weighted by atomic mass is 16.3. The van der Waals surface area contributed by atoms with E-state index < -0.39 is 0 Å². The monoisotopic (exact) mass is 283 g/mol. The molecule has 0 aliphatic rings. The van der Waals surface area contributed by atoms with Gasteiger partial charge in [0.25, 0.3) is 0 Å². The summed E-state index contributed by atoms with van der Waals surface area (Å²) in [5.74, 6) is 0.842. The molecule has 2 heteroatoms. The molecule has 0 aliphatic heterocycles. The van der Waals surface area contributed by atoms with Crippen LogP contribution in [0.15, 0.2) is 65.1 Å². The van der Waals surface area contributed by atoms with Gasteiger partial charge in [0.2, 0.25) is 0 Å². The van der Waals surface area contributed by atoms with Gasteiger partial charge in [0, 0.05) is 10.9 Å². The van der Waals surface area contributed by atoms with Crippen LogP contribution in [-0.4, -0.2) is 0 Å². The molecule has 0 saturated carbocycles. The van der Waals surface area contributed by atoms with E-state index >= 15 is 0 Å². The fourth-order valence-corrected chi connectivity index (χ4v) is 3.10. The van der Waals surface area contributed by atoms with E-state index in [2.05, 4.69) is 36.4 Å². The number of para-hydroxylation sites is 1.